The zero-order chi connectivity index (χ0) is 13.1. The average Bonchev–Trinajstić information content (AvgIpc) is 3.02. The third-order valence-electron chi connectivity index (χ3n) is 5.00. The molecule has 1 unspecified atom stereocenters. The predicted molar refractivity (Wildman–Crippen MR) is 84.0 cm³/mol. The summed E-state index contributed by atoms with van der Waals surface area (Å²) in [7, 11) is 2.14. The molecule has 2 heteroatoms. The molecule has 1 heterocycles. The van der Waals surface area contributed by atoms with E-state index >= 15 is 0 Å². The predicted octanol–water partition coefficient (Wildman–Crippen LogP) is 4.86. The lowest BCUT2D eigenvalue weighted by Crippen LogP contribution is -2.18. The standard InChI is InChI=1S/C17H27NS/c1-18-15(11-13-7-5-6-8-13)17-12-14-9-3-2-4-10-16(14)19-17/h12-13,15,18H,2-11H2,1H3. The van der Waals surface area contributed by atoms with E-state index in [2.05, 4.69) is 29.8 Å². The minimum absolute atomic E-state index is 0.611. The maximum Gasteiger partial charge on any atom is 0.0415 e. The number of hydrogen-bond donors (Lipinski definition) is 1. The van der Waals surface area contributed by atoms with Gasteiger partial charge in [0, 0.05) is 15.8 Å². The van der Waals surface area contributed by atoms with Gasteiger partial charge in [-0.25, -0.2) is 0 Å². The summed E-state index contributed by atoms with van der Waals surface area (Å²) in [4.78, 5) is 3.31. The molecule has 1 saturated carbocycles. The molecule has 0 saturated heterocycles. The molecule has 1 fully saturated rings. The van der Waals surface area contributed by atoms with Crippen LogP contribution in [0, 0.1) is 5.92 Å². The Kier molecular flexibility index (Phi) is 4.60. The fourth-order valence-corrected chi connectivity index (χ4v) is 5.20. The van der Waals surface area contributed by atoms with Crippen LogP contribution in [0.25, 0.3) is 0 Å². The van der Waals surface area contributed by atoms with Crippen LogP contribution in [0.15, 0.2) is 6.07 Å². The molecular formula is C17H27NS. The number of nitrogens with one attached hydrogen (secondary N) is 1. The third kappa shape index (κ3) is 3.22. The van der Waals surface area contributed by atoms with E-state index < -0.39 is 0 Å². The molecular weight excluding hydrogens is 250 g/mol. The smallest absolute Gasteiger partial charge is 0.0415 e. The monoisotopic (exact) mass is 277 g/mol. The molecule has 1 N–H and O–H groups in total. The Balaban J connectivity index is 1.71. The summed E-state index contributed by atoms with van der Waals surface area (Å²) >= 11 is 2.10. The van der Waals surface area contributed by atoms with E-state index in [4.69, 9.17) is 0 Å². The molecule has 1 aromatic heterocycles. The fraction of sp³-hybridized carbons (Fsp3) is 0.765. The van der Waals surface area contributed by atoms with Crippen molar-refractivity contribution >= 4 is 11.3 Å². The van der Waals surface area contributed by atoms with Crippen molar-refractivity contribution in [2.24, 2.45) is 5.92 Å². The molecule has 2 aliphatic carbocycles. The molecule has 3 rings (SSSR count). The average molecular weight is 277 g/mol. The number of aryl methyl sites for hydroxylation is 2. The van der Waals surface area contributed by atoms with Crippen molar-refractivity contribution in [3.05, 3.63) is 21.4 Å². The lowest BCUT2D eigenvalue weighted by atomic mass is 9.97. The molecule has 1 atom stereocenters. The second kappa shape index (κ2) is 6.41. The van der Waals surface area contributed by atoms with E-state index in [0.717, 1.165) is 5.92 Å². The minimum Gasteiger partial charge on any atom is -0.312 e. The summed E-state index contributed by atoms with van der Waals surface area (Å²) in [5.41, 5.74) is 1.67. The van der Waals surface area contributed by atoms with Gasteiger partial charge >= 0.3 is 0 Å². The van der Waals surface area contributed by atoms with Crippen LogP contribution < -0.4 is 5.32 Å². The first-order chi connectivity index (χ1) is 9.36. The first-order valence-corrected chi connectivity index (χ1v) is 8.97. The Morgan fingerprint density at radius 3 is 2.74 bits per heavy atom. The summed E-state index contributed by atoms with van der Waals surface area (Å²) in [5, 5.41) is 3.58. The summed E-state index contributed by atoms with van der Waals surface area (Å²) in [6.07, 6.45) is 14.1. The minimum atomic E-state index is 0.611. The van der Waals surface area contributed by atoms with Gasteiger partial charge in [0.25, 0.3) is 0 Å². The van der Waals surface area contributed by atoms with Crippen LogP contribution >= 0.6 is 11.3 Å². The van der Waals surface area contributed by atoms with E-state index in [0.29, 0.717) is 6.04 Å². The van der Waals surface area contributed by atoms with Crippen molar-refractivity contribution in [3.8, 4) is 0 Å². The van der Waals surface area contributed by atoms with E-state index in [1.54, 1.807) is 15.3 Å². The van der Waals surface area contributed by atoms with Gasteiger partial charge in [-0.1, -0.05) is 32.1 Å². The summed E-state index contributed by atoms with van der Waals surface area (Å²) in [5.74, 6) is 0.972. The van der Waals surface area contributed by atoms with Gasteiger partial charge in [0.2, 0.25) is 0 Å². The Bertz CT molecular complexity index is 380. The molecule has 0 aliphatic heterocycles. The van der Waals surface area contributed by atoms with Crippen molar-refractivity contribution < 1.29 is 0 Å². The van der Waals surface area contributed by atoms with E-state index in [1.165, 1.54) is 64.2 Å². The lowest BCUT2D eigenvalue weighted by molar-refractivity contribution is 0.417. The van der Waals surface area contributed by atoms with Crippen molar-refractivity contribution in [3.63, 3.8) is 0 Å². The van der Waals surface area contributed by atoms with Crippen LogP contribution in [0.1, 0.15) is 72.7 Å². The molecule has 2 aliphatic rings. The van der Waals surface area contributed by atoms with Gasteiger partial charge in [-0.15, -0.1) is 11.3 Å². The molecule has 1 aromatic rings. The molecule has 0 bridgehead atoms. The Morgan fingerprint density at radius 1 is 1.16 bits per heavy atom. The summed E-state index contributed by atoms with van der Waals surface area (Å²) in [6, 6.07) is 3.14. The highest BCUT2D eigenvalue weighted by atomic mass is 32.1. The lowest BCUT2D eigenvalue weighted by Gasteiger charge is -2.18. The van der Waals surface area contributed by atoms with Crippen LogP contribution in [0.4, 0.5) is 0 Å². The summed E-state index contributed by atoms with van der Waals surface area (Å²) < 4.78 is 0. The van der Waals surface area contributed by atoms with E-state index in [-0.39, 0.29) is 0 Å². The van der Waals surface area contributed by atoms with Gasteiger partial charge in [-0.3, -0.25) is 0 Å². The highest BCUT2D eigenvalue weighted by Gasteiger charge is 2.23. The number of fused-ring (bicyclic) bond motifs is 1. The van der Waals surface area contributed by atoms with Gasteiger partial charge in [-0.05, 0) is 56.7 Å². The number of rotatable bonds is 4. The molecule has 106 valence electrons. The molecule has 0 amide bonds. The fourth-order valence-electron chi connectivity index (χ4n) is 3.82. The Morgan fingerprint density at radius 2 is 1.95 bits per heavy atom. The van der Waals surface area contributed by atoms with E-state index in [1.807, 2.05) is 0 Å². The van der Waals surface area contributed by atoms with Crippen LogP contribution in [-0.2, 0) is 12.8 Å². The first kappa shape index (κ1) is 13.6. The molecule has 19 heavy (non-hydrogen) atoms. The van der Waals surface area contributed by atoms with Gasteiger partial charge < -0.3 is 5.32 Å². The maximum atomic E-state index is 3.58. The number of hydrogen-bond acceptors (Lipinski definition) is 2. The largest absolute Gasteiger partial charge is 0.312 e. The maximum absolute atomic E-state index is 3.58. The van der Waals surface area contributed by atoms with Crippen LogP contribution in [0.2, 0.25) is 0 Å². The van der Waals surface area contributed by atoms with Crippen LogP contribution in [0.5, 0.6) is 0 Å². The van der Waals surface area contributed by atoms with Gasteiger partial charge in [-0.2, -0.15) is 0 Å². The molecule has 0 spiro atoms. The van der Waals surface area contributed by atoms with Crippen molar-refractivity contribution in [2.75, 3.05) is 7.05 Å². The molecule has 0 aromatic carbocycles. The van der Waals surface area contributed by atoms with Crippen LogP contribution in [-0.4, -0.2) is 7.05 Å². The first-order valence-electron chi connectivity index (χ1n) is 8.15. The topological polar surface area (TPSA) is 12.0 Å². The van der Waals surface area contributed by atoms with Crippen molar-refractivity contribution in [2.45, 2.75) is 70.3 Å². The zero-order valence-electron chi connectivity index (χ0n) is 12.2. The number of thiophene rings is 1. The SMILES string of the molecule is CNC(CC1CCCC1)c1cc2c(s1)CCCCC2. The Labute approximate surface area is 121 Å². The quantitative estimate of drug-likeness (QED) is 0.775. The third-order valence-corrected chi connectivity index (χ3v) is 6.35. The van der Waals surface area contributed by atoms with Crippen LogP contribution in [0.3, 0.4) is 0 Å². The van der Waals surface area contributed by atoms with Crippen molar-refractivity contribution in [1.29, 1.82) is 0 Å². The summed E-state index contributed by atoms with van der Waals surface area (Å²) in [6.45, 7) is 0. The van der Waals surface area contributed by atoms with E-state index in [9.17, 15) is 0 Å². The molecule has 0 radical (unpaired) electrons. The van der Waals surface area contributed by atoms with Gasteiger partial charge in [0.1, 0.15) is 0 Å². The van der Waals surface area contributed by atoms with Gasteiger partial charge in [0.15, 0.2) is 0 Å². The van der Waals surface area contributed by atoms with Crippen molar-refractivity contribution in [1.82, 2.24) is 5.32 Å². The highest BCUT2D eigenvalue weighted by molar-refractivity contribution is 7.12. The zero-order valence-corrected chi connectivity index (χ0v) is 13.0. The normalized spacial score (nSPS) is 22.2. The van der Waals surface area contributed by atoms with Gasteiger partial charge in [0.05, 0.1) is 0 Å². The second-order valence-electron chi connectivity index (χ2n) is 6.39. The molecule has 1 nitrogen and oxygen atoms in total. The Hall–Kier alpha value is -0.340. The highest BCUT2D eigenvalue weighted by Crippen LogP contribution is 2.37. The second-order valence-corrected chi connectivity index (χ2v) is 7.55.